The lowest BCUT2D eigenvalue weighted by Gasteiger charge is -2.07. The third kappa shape index (κ3) is 2.14. The first-order valence-electron chi connectivity index (χ1n) is 3.60. The number of carbonyl (C=O) groups is 1. The van der Waals surface area contributed by atoms with Crippen LogP contribution in [0.5, 0.6) is 5.75 Å². The summed E-state index contributed by atoms with van der Waals surface area (Å²) in [6, 6.07) is 3.38. The highest BCUT2D eigenvalue weighted by Crippen LogP contribution is 2.29. The number of benzene rings is 1. The molecule has 0 fully saturated rings. The molecule has 70 valence electrons. The van der Waals surface area contributed by atoms with Crippen molar-refractivity contribution in [3.05, 3.63) is 28.3 Å². The monoisotopic (exact) mass is 218 g/mol. The van der Waals surface area contributed by atoms with Crippen LogP contribution in [0.15, 0.2) is 12.1 Å². The van der Waals surface area contributed by atoms with Gasteiger partial charge in [0.1, 0.15) is 5.75 Å². The minimum atomic E-state index is -0.609. The van der Waals surface area contributed by atoms with Gasteiger partial charge in [-0.15, -0.1) is 0 Å². The number of ether oxygens (including phenoxy) is 1. The van der Waals surface area contributed by atoms with Gasteiger partial charge in [-0.05, 0) is 36.2 Å². The first kappa shape index (κ1) is 10.4. The van der Waals surface area contributed by atoms with Crippen LogP contribution in [0.3, 0.4) is 0 Å². The number of hydrogen-bond acceptors (Lipinski definition) is 2. The minimum Gasteiger partial charge on any atom is -0.496 e. The van der Waals surface area contributed by atoms with Gasteiger partial charge in [0.15, 0.2) is 0 Å². The Balaban J connectivity index is 3.38. The largest absolute Gasteiger partial charge is 0.496 e. The molecule has 1 rings (SSSR count). The standard InChI is InChI=1S/C9H8Cl2O2/c1-5-3-6(10)8(9(11)12)7(4-5)13-2/h3-4H,1-2H3. The molecule has 13 heavy (non-hydrogen) atoms. The normalized spacial score (nSPS) is 9.85. The first-order valence-corrected chi connectivity index (χ1v) is 4.36. The summed E-state index contributed by atoms with van der Waals surface area (Å²) in [5.74, 6) is 0.407. The third-order valence-corrected chi connectivity index (χ3v) is 2.10. The van der Waals surface area contributed by atoms with Crippen molar-refractivity contribution in [2.24, 2.45) is 0 Å². The van der Waals surface area contributed by atoms with Gasteiger partial charge in [-0.1, -0.05) is 11.6 Å². The molecular formula is C9H8Cl2O2. The van der Waals surface area contributed by atoms with E-state index in [0.29, 0.717) is 10.8 Å². The van der Waals surface area contributed by atoms with Gasteiger partial charge >= 0.3 is 0 Å². The highest BCUT2D eigenvalue weighted by molar-refractivity contribution is 6.69. The van der Waals surface area contributed by atoms with E-state index in [9.17, 15) is 4.79 Å². The van der Waals surface area contributed by atoms with Crippen molar-refractivity contribution in [3.63, 3.8) is 0 Å². The molecule has 0 aliphatic heterocycles. The third-order valence-electron chi connectivity index (χ3n) is 1.61. The molecule has 0 aromatic heterocycles. The summed E-state index contributed by atoms with van der Waals surface area (Å²) in [5, 5.41) is -0.293. The smallest absolute Gasteiger partial charge is 0.257 e. The van der Waals surface area contributed by atoms with Crippen molar-refractivity contribution in [3.8, 4) is 5.75 Å². The second-order valence-corrected chi connectivity index (χ2v) is 3.35. The maximum absolute atomic E-state index is 11.0. The van der Waals surface area contributed by atoms with E-state index >= 15 is 0 Å². The average Bonchev–Trinajstić information content (AvgIpc) is 2.01. The van der Waals surface area contributed by atoms with Crippen molar-refractivity contribution in [1.82, 2.24) is 0 Å². The second kappa shape index (κ2) is 3.99. The molecule has 2 nitrogen and oxygen atoms in total. The summed E-state index contributed by atoms with van der Waals surface area (Å²) >= 11 is 11.2. The van der Waals surface area contributed by atoms with Crippen LogP contribution in [0.4, 0.5) is 0 Å². The van der Waals surface area contributed by atoms with Gasteiger partial charge in [-0.3, -0.25) is 4.79 Å². The Morgan fingerprint density at radius 1 is 1.46 bits per heavy atom. The molecule has 0 N–H and O–H groups in total. The molecule has 0 saturated heterocycles. The second-order valence-electron chi connectivity index (χ2n) is 2.60. The zero-order chi connectivity index (χ0) is 10.0. The molecule has 0 aliphatic carbocycles. The molecule has 0 amide bonds. The van der Waals surface area contributed by atoms with E-state index < -0.39 is 5.24 Å². The maximum atomic E-state index is 11.0. The van der Waals surface area contributed by atoms with Crippen molar-refractivity contribution in [1.29, 1.82) is 0 Å². The van der Waals surface area contributed by atoms with Crippen LogP contribution >= 0.6 is 23.2 Å². The minimum absolute atomic E-state index is 0.219. The first-order chi connectivity index (χ1) is 6.06. The van der Waals surface area contributed by atoms with Crippen molar-refractivity contribution in [2.75, 3.05) is 7.11 Å². The van der Waals surface area contributed by atoms with E-state index in [1.165, 1.54) is 7.11 Å². The Morgan fingerprint density at radius 3 is 2.54 bits per heavy atom. The van der Waals surface area contributed by atoms with Crippen LogP contribution in [0, 0.1) is 6.92 Å². The lowest BCUT2D eigenvalue weighted by molar-refractivity contribution is 0.107. The number of carbonyl (C=O) groups excluding carboxylic acids is 1. The van der Waals surface area contributed by atoms with Gasteiger partial charge in [0, 0.05) is 0 Å². The molecule has 0 radical (unpaired) electrons. The highest BCUT2D eigenvalue weighted by atomic mass is 35.5. The lowest BCUT2D eigenvalue weighted by Crippen LogP contribution is -1.97. The predicted molar refractivity (Wildman–Crippen MR) is 52.9 cm³/mol. The molecule has 0 aliphatic rings. The highest BCUT2D eigenvalue weighted by Gasteiger charge is 2.14. The summed E-state index contributed by atoms with van der Waals surface area (Å²) < 4.78 is 4.98. The van der Waals surface area contributed by atoms with Crippen LogP contribution in [0.1, 0.15) is 15.9 Å². The van der Waals surface area contributed by atoms with Gasteiger partial charge in [-0.2, -0.15) is 0 Å². The summed E-state index contributed by atoms with van der Waals surface area (Å²) in [6.07, 6.45) is 0. The summed E-state index contributed by atoms with van der Waals surface area (Å²) in [6.45, 7) is 1.86. The van der Waals surface area contributed by atoms with E-state index in [4.69, 9.17) is 27.9 Å². The van der Waals surface area contributed by atoms with Gasteiger partial charge in [-0.25, -0.2) is 0 Å². The molecule has 0 atom stereocenters. The van der Waals surface area contributed by atoms with Crippen LogP contribution in [-0.4, -0.2) is 12.4 Å². The SMILES string of the molecule is COc1cc(C)cc(Cl)c1C(=O)Cl. The fraction of sp³-hybridized carbons (Fsp3) is 0.222. The molecule has 1 aromatic rings. The molecular weight excluding hydrogens is 211 g/mol. The van der Waals surface area contributed by atoms with Crippen molar-refractivity contribution in [2.45, 2.75) is 6.92 Å². The summed E-state index contributed by atoms with van der Waals surface area (Å²) in [7, 11) is 1.47. The number of hydrogen-bond donors (Lipinski definition) is 0. The Bertz CT molecular complexity index is 348. The molecule has 0 unspecified atom stereocenters. The number of halogens is 2. The van der Waals surface area contributed by atoms with Crippen molar-refractivity contribution >= 4 is 28.4 Å². The van der Waals surface area contributed by atoms with E-state index in [-0.39, 0.29) is 5.56 Å². The Hall–Kier alpha value is -0.730. The number of aryl methyl sites for hydroxylation is 1. The Kier molecular flexibility index (Phi) is 3.17. The van der Waals surface area contributed by atoms with Gasteiger partial charge < -0.3 is 4.74 Å². The van der Waals surface area contributed by atoms with E-state index in [0.717, 1.165) is 5.56 Å². The topological polar surface area (TPSA) is 26.3 Å². The van der Waals surface area contributed by atoms with E-state index in [1.807, 2.05) is 6.92 Å². The number of methoxy groups -OCH3 is 1. The predicted octanol–water partition coefficient (Wildman–Crippen LogP) is 3.04. The van der Waals surface area contributed by atoms with E-state index in [2.05, 4.69) is 0 Å². The quantitative estimate of drug-likeness (QED) is 0.714. The van der Waals surface area contributed by atoms with Crippen molar-refractivity contribution < 1.29 is 9.53 Å². The van der Waals surface area contributed by atoms with Crippen LogP contribution in [0.2, 0.25) is 5.02 Å². The van der Waals surface area contributed by atoms with Crippen LogP contribution < -0.4 is 4.74 Å². The summed E-state index contributed by atoms with van der Waals surface area (Å²) in [5.41, 5.74) is 1.14. The molecule has 1 aromatic carbocycles. The molecule has 4 heteroatoms. The van der Waals surface area contributed by atoms with Crippen LogP contribution in [0.25, 0.3) is 0 Å². The molecule has 0 bridgehead atoms. The molecule has 0 spiro atoms. The fourth-order valence-corrected chi connectivity index (χ4v) is 1.66. The van der Waals surface area contributed by atoms with Gasteiger partial charge in [0.2, 0.25) is 0 Å². The molecule has 0 saturated carbocycles. The fourth-order valence-electron chi connectivity index (χ4n) is 1.06. The summed E-state index contributed by atoms with van der Waals surface area (Å²) in [4.78, 5) is 11.0. The zero-order valence-corrected chi connectivity index (χ0v) is 8.74. The van der Waals surface area contributed by atoms with Crippen LogP contribution in [-0.2, 0) is 0 Å². The van der Waals surface area contributed by atoms with E-state index in [1.54, 1.807) is 12.1 Å². The maximum Gasteiger partial charge on any atom is 0.257 e. The van der Waals surface area contributed by atoms with Gasteiger partial charge in [0.25, 0.3) is 5.24 Å². The Morgan fingerprint density at radius 2 is 2.08 bits per heavy atom. The van der Waals surface area contributed by atoms with Gasteiger partial charge in [0.05, 0.1) is 17.7 Å². The molecule has 0 heterocycles. The number of rotatable bonds is 2. The lowest BCUT2D eigenvalue weighted by atomic mass is 10.1. The average molecular weight is 219 g/mol. The Labute approximate surface area is 86.4 Å². The zero-order valence-electron chi connectivity index (χ0n) is 7.23.